The summed E-state index contributed by atoms with van der Waals surface area (Å²) in [5.41, 5.74) is 5.54. The van der Waals surface area contributed by atoms with Crippen molar-refractivity contribution >= 4 is 17.6 Å². The molecule has 0 aromatic carbocycles. The quantitative estimate of drug-likeness (QED) is 0.480. The van der Waals surface area contributed by atoms with Gasteiger partial charge in [-0.3, -0.25) is 19.3 Å². The summed E-state index contributed by atoms with van der Waals surface area (Å²) in [7, 11) is 1.73. The minimum Gasteiger partial charge on any atom is -0.369 e. The highest BCUT2D eigenvalue weighted by Crippen LogP contribution is 2.40. The Labute approximate surface area is 201 Å². The van der Waals surface area contributed by atoms with Gasteiger partial charge < -0.3 is 16.0 Å². The van der Waals surface area contributed by atoms with Crippen LogP contribution in [0.5, 0.6) is 0 Å². The van der Waals surface area contributed by atoms with E-state index < -0.39 is 5.54 Å². The van der Waals surface area contributed by atoms with E-state index >= 15 is 0 Å². The number of likely N-dealkylation sites (N-methyl/N-ethyl adjacent to an activating group) is 1. The fraction of sp³-hybridized carbons (Fsp3) is 0.692. The van der Waals surface area contributed by atoms with Gasteiger partial charge in [-0.05, 0) is 50.0 Å². The summed E-state index contributed by atoms with van der Waals surface area (Å²) >= 11 is 0. The maximum Gasteiger partial charge on any atom is 0.257 e. The van der Waals surface area contributed by atoms with Crippen LogP contribution in [0.15, 0.2) is 28.1 Å². The zero-order chi connectivity index (χ0) is 24.1. The molecule has 34 heavy (non-hydrogen) atoms. The van der Waals surface area contributed by atoms with Gasteiger partial charge in [0.05, 0.1) is 6.54 Å². The molecule has 2 aliphatic carbocycles. The second-order valence-electron chi connectivity index (χ2n) is 10.6. The van der Waals surface area contributed by atoms with Crippen molar-refractivity contribution in [2.45, 2.75) is 88.6 Å². The van der Waals surface area contributed by atoms with Gasteiger partial charge in [-0.15, -0.1) is 0 Å². The molecule has 8 nitrogen and oxygen atoms in total. The summed E-state index contributed by atoms with van der Waals surface area (Å²) in [4.78, 5) is 46.1. The minimum absolute atomic E-state index is 0.0420. The van der Waals surface area contributed by atoms with Gasteiger partial charge in [-0.25, -0.2) is 4.99 Å². The molecule has 2 heterocycles. The highest BCUT2D eigenvalue weighted by molar-refractivity contribution is 6.06. The number of carbonyl (C=O) groups is 2. The molecule has 0 radical (unpaired) electrons. The maximum atomic E-state index is 13.3. The van der Waals surface area contributed by atoms with E-state index in [1.165, 1.54) is 49.3 Å². The van der Waals surface area contributed by atoms with Gasteiger partial charge in [0.15, 0.2) is 11.7 Å². The molecule has 4 N–H and O–H groups in total. The van der Waals surface area contributed by atoms with Crippen molar-refractivity contribution in [3.05, 3.63) is 34.2 Å². The highest BCUT2D eigenvalue weighted by atomic mass is 16.2. The second-order valence-corrected chi connectivity index (χ2v) is 10.6. The zero-order valence-electron chi connectivity index (χ0n) is 20.4. The topological polar surface area (TPSA) is 121 Å². The molecule has 3 atom stereocenters. The number of amides is 1. The molecule has 2 fully saturated rings. The van der Waals surface area contributed by atoms with Crippen LogP contribution in [0.3, 0.4) is 0 Å². The summed E-state index contributed by atoms with van der Waals surface area (Å²) < 4.78 is 0. The normalized spacial score (nSPS) is 28.2. The second kappa shape index (κ2) is 10.8. The third kappa shape index (κ3) is 5.77. The van der Waals surface area contributed by atoms with Gasteiger partial charge in [0.25, 0.3) is 5.91 Å². The summed E-state index contributed by atoms with van der Waals surface area (Å²) in [6.07, 6.45) is 14.5. The Morgan fingerprint density at radius 3 is 2.65 bits per heavy atom. The molecule has 0 saturated heterocycles. The standard InChI is InChI=1S/C26H39N5O3/c1-31-24(34)26(30-25(31)27,12-10-18-6-3-2-4-7-18)16-19-8-5-9-21(14-19)29-17-22(32)20-11-13-28-23(33)15-20/h11,13,15,18-19,21,29H,2-10,12,14,16-17H2,1H3,(H2,27,30)(H,28,33)/t19-,21+,26+/m0/s1. The fourth-order valence-corrected chi connectivity index (χ4v) is 6.17. The molecule has 1 amide bonds. The number of aromatic nitrogens is 1. The number of hydrogen-bond donors (Lipinski definition) is 3. The minimum atomic E-state index is -0.732. The van der Waals surface area contributed by atoms with Gasteiger partial charge in [0, 0.05) is 30.9 Å². The van der Waals surface area contributed by atoms with Crippen molar-refractivity contribution in [3.8, 4) is 0 Å². The Bertz CT molecular complexity index is 967. The van der Waals surface area contributed by atoms with E-state index in [0.717, 1.165) is 44.9 Å². The van der Waals surface area contributed by atoms with Crippen LogP contribution in [0, 0.1) is 11.8 Å². The molecule has 1 aliphatic heterocycles. The molecule has 0 spiro atoms. The summed E-state index contributed by atoms with van der Waals surface area (Å²) in [6, 6.07) is 3.19. The van der Waals surface area contributed by atoms with E-state index in [9.17, 15) is 14.4 Å². The van der Waals surface area contributed by atoms with Crippen molar-refractivity contribution in [3.63, 3.8) is 0 Å². The number of H-pyrrole nitrogens is 1. The molecule has 186 valence electrons. The van der Waals surface area contributed by atoms with Crippen LogP contribution in [0.2, 0.25) is 0 Å². The number of nitrogens with one attached hydrogen (secondary N) is 2. The third-order valence-electron chi connectivity index (χ3n) is 8.12. The lowest BCUT2D eigenvalue weighted by atomic mass is 9.74. The predicted molar refractivity (Wildman–Crippen MR) is 133 cm³/mol. The van der Waals surface area contributed by atoms with Crippen LogP contribution >= 0.6 is 0 Å². The van der Waals surface area contributed by atoms with Crippen LogP contribution in [-0.2, 0) is 4.79 Å². The van der Waals surface area contributed by atoms with Crippen molar-refractivity contribution in [2.24, 2.45) is 22.6 Å². The first-order valence-corrected chi connectivity index (χ1v) is 12.9. The first kappa shape index (κ1) is 24.6. The first-order valence-electron chi connectivity index (χ1n) is 12.9. The lowest BCUT2D eigenvalue weighted by Gasteiger charge is -2.35. The van der Waals surface area contributed by atoms with Crippen molar-refractivity contribution in [1.82, 2.24) is 15.2 Å². The molecule has 0 unspecified atom stereocenters. The van der Waals surface area contributed by atoms with E-state index in [4.69, 9.17) is 10.7 Å². The smallest absolute Gasteiger partial charge is 0.257 e. The number of guanidine groups is 1. The average molecular weight is 470 g/mol. The van der Waals surface area contributed by atoms with Crippen LogP contribution in [0.4, 0.5) is 0 Å². The molecule has 1 aromatic rings. The molecule has 1 aromatic heterocycles. The third-order valence-corrected chi connectivity index (χ3v) is 8.12. The zero-order valence-corrected chi connectivity index (χ0v) is 20.4. The number of nitrogens with two attached hydrogens (primary N) is 1. The van der Waals surface area contributed by atoms with Crippen LogP contribution in [-0.4, -0.2) is 52.7 Å². The van der Waals surface area contributed by atoms with Gasteiger partial charge in [0.1, 0.15) is 5.54 Å². The lowest BCUT2D eigenvalue weighted by Crippen LogP contribution is -2.45. The Morgan fingerprint density at radius 1 is 1.18 bits per heavy atom. The van der Waals surface area contributed by atoms with Crippen LogP contribution in [0.25, 0.3) is 0 Å². The Hall–Kier alpha value is -2.48. The molecule has 8 heteroatoms. The van der Waals surface area contributed by atoms with E-state index in [1.807, 2.05) is 0 Å². The van der Waals surface area contributed by atoms with Gasteiger partial charge in [-0.1, -0.05) is 44.9 Å². The molecule has 0 bridgehead atoms. The van der Waals surface area contributed by atoms with Crippen LogP contribution < -0.4 is 16.6 Å². The predicted octanol–water partition coefficient (Wildman–Crippen LogP) is 2.98. The van der Waals surface area contributed by atoms with Crippen LogP contribution in [0.1, 0.15) is 87.4 Å². The monoisotopic (exact) mass is 469 g/mol. The first-order chi connectivity index (χ1) is 16.4. The summed E-state index contributed by atoms with van der Waals surface area (Å²) in [5.74, 6) is 1.35. The molecule has 3 aliphatic rings. The Morgan fingerprint density at radius 2 is 1.94 bits per heavy atom. The fourth-order valence-electron chi connectivity index (χ4n) is 6.17. The summed E-state index contributed by atoms with van der Waals surface area (Å²) in [6.45, 7) is 0.209. The van der Waals surface area contributed by atoms with E-state index in [1.54, 1.807) is 13.1 Å². The number of rotatable bonds is 9. The van der Waals surface area contributed by atoms with Gasteiger partial charge in [0.2, 0.25) is 5.56 Å². The Kier molecular flexibility index (Phi) is 7.86. The van der Waals surface area contributed by atoms with E-state index in [0.29, 0.717) is 23.4 Å². The number of pyridine rings is 1. The van der Waals surface area contributed by atoms with Crippen molar-refractivity contribution < 1.29 is 9.59 Å². The SMILES string of the molecule is CN1C(=O)[C@@](CCC2CCCCC2)(C[C@H]2CCC[C@@H](NCC(=O)c3cc[nH]c(=O)c3)C2)N=C1N. The van der Waals surface area contributed by atoms with E-state index in [2.05, 4.69) is 10.3 Å². The number of ketones is 1. The number of hydrogen-bond acceptors (Lipinski definition) is 6. The lowest BCUT2D eigenvalue weighted by molar-refractivity contribution is -0.131. The number of carbonyl (C=O) groups excluding carboxylic acids is 2. The van der Waals surface area contributed by atoms with Crippen molar-refractivity contribution in [2.75, 3.05) is 13.6 Å². The molecular weight excluding hydrogens is 430 g/mol. The maximum absolute atomic E-state index is 13.3. The Balaban J connectivity index is 1.36. The van der Waals surface area contributed by atoms with Gasteiger partial charge >= 0.3 is 0 Å². The summed E-state index contributed by atoms with van der Waals surface area (Å²) in [5, 5.41) is 3.40. The average Bonchev–Trinajstić information content (AvgIpc) is 3.05. The molecule has 2 saturated carbocycles. The number of aliphatic imine (C=N–C) groups is 1. The largest absolute Gasteiger partial charge is 0.369 e. The van der Waals surface area contributed by atoms with Crippen molar-refractivity contribution in [1.29, 1.82) is 0 Å². The number of nitrogens with zero attached hydrogens (tertiary/aromatic N) is 2. The number of Topliss-reactive ketones (excluding diaryl/α,β-unsaturated/α-hetero) is 1. The van der Waals surface area contributed by atoms with E-state index in [-0.39, 0.29) is 29.8 Å². The molecular formula is C26H39N5O3. The molecule has 4 rings (SSSR count). The number of aromatic amines is 1. The highest BCUT2D eigenvalue weighted by Gasteiger charge is 2.48. The van der Waals surface area contributed by atoms with Gasteiger partial charge in [-0.2, -0.15) is 0 Å².